The molecule has 0 atom stereocenters. The molecule has 0 aliphatic carbocycles. The number of fused-ring (bicyclic) bond motifs is 1. The number of aryl methyl sites for hydroxylation is 1. The Bertz CT molecular complexity index is 1680. The lowest BCUT2D eigenvalue weighted by molar-refractivity contribution is 0.0695. The van der Waals surface area contributed by atoms with Crippen molar-refractivity contribution in [1.29, 1.82) is 0 Å². The normalized spacial score (nSPS) is 10.8. The Morgan fingerprint density at radius 3 is 2.15 bits per heavy atom. The number of amides is 1. The minimum Gasteiger partial charge on any atom is -0.493 e. The molecule has 0 aliphatic heterocycles. The van der Waals surface area contributed by atoms with Gasteiger partial charge in [-0.1, -0.05) is 12.1 Å². The maximum Gasteiger partial charge on any atom is 0.394 e. The zero-order chi connectivity index (χ0) is 29.6. The first-order chi connectivity index (χ1) is 18.8. The summed E-state index contributed by atoms with van der Waals surface area (Å²) < 4.78 is 42.5. The summed E-state index contributed by atoms with van der Waals surface area (Å²) in [4.78, 5) is 33.3. The van der Waals surface area contributed by atoms with E-state index in [9.17, 15) is 14.7 Å². The molecule has 3 aromatic carbocycles. The quantitative estimate of drug-likeness (QED) is 0.201. The zero-order valence-electron chi connectivity index (χ0n) is 21.8. The van der Waals surface area contributed by atoms with Crippen LogP contribution < -0.4 is 20.1 Å². The third-order valence-electron chi connectivity index (χ3n) is 5.54. The number of anilines is 2. The Morgan fingerprint density at radius 2 is 1.57 bits per heavy atom. The average Bonchev–Trinajstić information content (AvgIpc) is 2.90. The molecule has 40 heavy (non-hydrogen) atoms. The lowest BCUT2D eigenvalue weighted by atomic mass is 10.0. The predicted molar refractivity (Wildman–Crippen MR) is 148 cm³/mol. The van der Waals surface area contributed by atoms with Gasteiger partial charge in [0, 0.05) is 35.3 Å². The SMILES string of the molecule is CNc1nc(-c2cccc(NC(=O)c3ccc(C(=O)O)c(C)c3)c2)c2cc(OC)c(OC)cc2n1.O=S(=O)(O)O. The van der Waals surface area contributed by atoms with E-state index in [4.69, 9.17) is 27.0 Å². The molecule has 0 radical (unpaired) electrons. The lowest BCUT2D eigenvalue weighted by Gasteiger charge is -2.14. The number of carbonyl (C=O) groups excluding carboxylic acids is 1. The van der Waals surface area contributed by atoms with Gasteiger partial charge in [-0.3, -0.25) is 13.9 Å². The Hall–Kier alpha value is -4.79. The molecule has 5 N–H and O–H groups in total. The van der Waals surface area contributed by atoms with E-state index >= 15 is 0 Å². The summed E-state index contributed by atoms with van der Waals surface area (Å²) in [7, 11) is 0.195. The van der Waals surface area contributed by atoms with Crippen LogP contribution in [0.25, 0.3) is 22.2 Å². The summed E-state index contributed by atoms with van der Waals surface area (Å²) in [6.45, 7) is 1.66. The van der Waals surface area contributed by atoms with Crippen LogP contribution in [-0.2, 0) is 10.4 Å². The van der Waals surface area contributed by atoms with Crippen molar-refractivity contribution in [3.8, 4) is 22.8 Å². The summed E-state index contributed by atoms with van der Waals surface area (Å²) in [5, 5.41) is 15.8. The van der Waals surface area contributed by atoms with E-state index in [1.807, 2.05) is 24.3 Å². The van der Waals surface area contributed by atoms with E-state index in [0.717, 1.165) is 10.9 Å². The second-order valence-electron chi connectivity index (χ2n) is 8.19. The van der Waals surface area contributed by atoms with Crippen LogP contribution in [0.3, 0.4) is 0 Å². The summed E-state index contributed by atoms with van der Waals surface area (Å²) in [5.41, 5.74) is 3.67. The maximum absolute atomic E-state index is 12.8. The minimum absolute atomic E-state index is 0.159. The molecule has 4 aromatic rings. The summed E-state index contributed by atoms with van der Waals surface area (Å²) in [6.07, 6.45) is 0. The number of benzene rings is 3. The van der Waals surface area contributed by atoms with Crippen LogP contribution in [0.2, 0.25) is 0 Å². The molecule has 4 rings (SSSR count). The van der Waals surface area contributed by atoms with Gasteiger partial charge in [-0.15, -0.1) is 0 Å². The standard InChI is InChI=1S/C26H24N4O5.H2O4S/c1-14-10-16(8-9-18(14)25(32)33)24(31)28-17-7-5-6-15(11-17)23-19-12-21(34-3)22(35-4)13-20(19)29-26(27-2)30-23;1-5(2,3)4/h5-13H,1-4H3,(H,28,31)(H,32,33)(H,27,29,30);(H2,1,2,3,4). The topological polar surface area (TPSA) is 197 Å². The summed E-state index contributed by atoms with van der Waals surface area (Å²) >= 11 is 0. The van der Waals surface area contributed by atoms with Crippen molar-refractivity contribution in [1.82, 2.24) is 9.97 Å². The fourth-order valence-electron chi connectivity index (χ4n) is 3.78. The lowest BCUT2D eigenvalue weighted by Crippen LogP contribution is -2.13. The molecular weight excluding hydrogens is 544 g/mol. The highest BCUT2D eigenvalue weighted by atomic mass is 32.3. The predicted octanol–water partition coefficient (Wildman–Crippen LogP) is 3.96. The number of nitrogens with one attached hydrogen (secondary N) is 2. The molecule has 0 fully saturated rings. The number of methoxy groups -OCH3 is 2. The van der Waals surface area contributed by atoms with Gasteiger partial charge < -0.3 is 25.2 Å². The molecule has 1 aromatic heterocycles. The average molecular weight is 571 g/mol. The second-order valence-corrected chi connectivity index (χ2v) is 9.08. The number of ether oxygens (including phenoxy) is 2. The van der Waals surface area contributed by atoms with Crippen molar-refractivity contribution < 1.29 is 41.7 Å². The van der Waals surface area contributed by atoms with Crippen molar-refractivity contribution >= 4 is 44.8 Å². The Balaban J connectivity index is 0.000000810. The first-order valence-corrected chi connectivity index (χ1v) is 12.8. The van der Waals surface area contributed by atoms with Crippen molar-refractivity contribution in [2.45, 2.75) is 6.92 Å². The molecule has 0 saturated carbocycles. The second kappa shape index (κ2) is 12.4. The Morgan fingerprint density at radius 1 is 0.925 bits per heavy atom. The molecule has 0 bridgehead atoms. The van der Waals surface area contributed by atoms with Gasteiger partial charge in [0.2, 0.25) is 5.95 Å². The Kier molecular flexibility index (Phi) is 9.21. The minimum atomic E-state index is -4.67. The molecule has 210 valence electrons. The number of aromatic nitrogens is 2. The van der Waals surface area contributed by atoms with Gasteiger partial charge in [-0.05, 0) is 48.9 Å². The van der Waals surface area contributed by atoms with Crippen LogP contribution in [-0.4, -0.2) is 65.7 Å². The molecule has 1 amide bonds. The maximum atomic E-state index is 12.8. The fourth-order valence-corrected chi connectivity index (χ4v) is 3.78. The van der Waals surface area contributed by atoms with Crippen LogP contribution >= 0.6 is 0 Å². The van der Waals surface area contributed by atoms with Gasteiger partial charge in [0.1, 0.15) is 0 Å². The van der Waals surface area contributed by atoms with Gasteiger partial charge in [0.25, 0.3) is 5.91 Å². The largest absolute Gasteiger partial charge is 0.493 e. The first kappa shape index (κ1) is 29.8. The zero-order valence-corrected chi connectivity index (χ0v) is 22.6. The first-order valence-electron chi connectivity index (χ1n) is 11.4. The monoisotopic (exact) mass is 570 g/mol. The highest BCUT2D eigenvalue weighted by Crippen LogP contribution is 2.36. The fraction of sp³-hybridized carbons (Fsp3) is 0.154. The summed E-state index contributed by atoms with van der Waals surface area (Å²) in [6, 6.07) is 15.4. The molecule has 0 spiro atoms. The van der Waals surface area contributed by atoms with Gasteiger partial charge in [-0.25, -0.2) is 14.8 Å². The number of nitrogens with zero attached hydrogens (tertiary/aromatic N) is 2. The third kappa shape index (κ3) is 7.41. The van der Waals surface area contributed by atoms with E-state index in [-0.39, 0.29) is 11.5 Å². The molecule has 14 heteroatoms. The molecule has 0 saturated heterocycles. The van der Waals surface area contributed by atoms with E-state index < -0.39 is 16.4 Å². The number of carbonyl (C=O) groups is 2. The molecule has 1 heterocycles. The number of carboxylic acids is 1. The Labute approximate surface area is 229 Å². The van der Waals surface area contributed by atoms with Gasteiger partial charge in [0.05, 0.1) is 31.0 Å². The van der Waals surface area contributed by atoms with Crippen molar-refractivity contribution in [3.05, 3.63) is 71.3 Å². The highest BCUT2D eigenvalue weighted by Gasteiger charge is 2.16. The van der Waals surface area contributed by atoms with Crippen LogP contribution in [0, 0.1) is 6.92 Å². The van der Waals surface area contributed by atoms with Gasteiger partial charge >= 0.3 is 16.4 Å². The van der Waals surface area contributed by atoms with E-state index in [2.05, 4.69) is 20.6 Å². The van der Waals surface area contributed by atoms with Crippen LogP contribution in [0.4, 0.5) is 11.6 Å². The molecule has 13 nitrogen and oxygen atoms in total. The van der Waals surface area contributed by atoms with Gasteiger partial charge in [0.15, 0.2) is 11.5 Å². The molecule has 0 aliphatic rings. The third-order valence-corrected chi connectivity index (χ3v) is 5.54. The van der Waals surface area contributed by atoms with Crippen LogP contribution in [0.15, 0.2) is 54.6 Å². The van der Waals surface area contributed by atoms with Crippen LogP contribution in [0.5, 0.6) is 11.5 Å². The van der Waals surface area contributed by atoms with E-state index in [1.54, 1.807) is 46.4 Å². The highest BCUT2D eigenvalue weighted by molar-refractivity contribution is 7.79. The van der Waals surface area contributed by atoms with Crippen molar-refractivity contribution in [2.24, 2.45) is 0 Å². The summed E-state index contributed by atoms with van der Waals surface area (Å²) in [5.74, 6) is 0.151. The molecule has 0 unspecified atom stereocenters. The number of aromatic carboxylic acids is 1. The van der Waals surface area contributed by atoms with E-state index in [0.29, 0.717) is 45.5 Å². The number of carboxylic acid groups (broad SMARTS) is 1. The number of hydrogen-bond donors (Lipinski definition) is 5. The molecular formula is C26H26N4O9S. The van der Waals surface area contributed by atoms with Crippen LogP contribution in [0.1, 0.15) is 26.3 Å². The number of rotatable bonds is 7. The van der Waals surface area contributed by atoms with Crippen molar-refractivity contribution in [2.75, 3.05) is 31.9 Å². The number of hydrogen-bond acceptors (Lipinski definition) is 9. The smallest absolute Gasteiger partial charge is 0.394 e. The van der Waals surface area contributed by atoms with Crippen molar-refractivity contribution in [3.63, 3.8) is 0 Å². The van der Waals surface area contributed by atoms with E-state index in [1.165, 1.54) is 12.1 Å². The van der Waals surface area contributed by atoms with Gasteiger partial charge in [-0.2, -0.15) is 8.42 Å².